The second kappa shape index (κ2) is 9.66. The first-order valence-corrected chi connectivity index (χ1v) is 13.6. The number of nitrogens with zero attached hydrogens (tertiary/aromatic N) is 4. The maximum atomic E-state index is 13.7. The van der Waals surface area contributed by atoms with E-state index in [1.165, 1.54) is 18.9 Å². The van der Waals surface area contributed by atoms with E-state index in [0.717, 1.165) is 91.6 Å². The van der Waals surface area contributed by atoms with Crippen molar-refractivity contribution < 1.29 is 9.13 Å². The third-order valence-electron chi connectivity index (χ3n) is 7.11. The number of benzene rings is 1. The number of likely N-dealkylation sites (tertiary alicyclic amines) is 1. The van der Waals surface area contributed by atoms with Crippen molar-refractivity contribution in [2.45, 2.75) is 12.8 Å². The van der Waals surface area contributed by atoms with Crippen molar-refractivity contribution in [2.75, 3.05) is 26.2 Å². The van der Waals surface area contributed by atoms with Crippen LogP contribution < -0.4 is 4.74 Å². The molecular weight excluding hydrogens is 499 g/mol. The van der Waals surface area contributed by atoms with E-state index in [-0.39, 0.29) is 5.13 Å². The maximum Gasteiger partial charge on any atom is 0.176 e. The average Bonchev–Trinajstić information content (AvgIpc) is 3.74. The monoisotopic (exact) mass is 524 g/mol. The Hall–Kier alpha value is -4.08. The van der Waals surface area contributed by atoms with Crippen LogP contribution in [0.25, 0.3) is 54.9 Å². The number of thiophene rings is 1. The quantitative estimate of drug-likeness (QED) is 0.249. The molecular formula is C29H25FN6OS. The van der Waals surface area contributed by atoms with Crippen LogP contribution in [0.5, 0.6) is 5.75 Å². The summed E-state index contributed by atoms with van der Waals surface area (Å²) in [6.45, 7) is 3.92. The molecule has 5 aromatic heterocycles. The Balaban J connectivity index is 1.20. The van der Waals surface area contributed by atoms with E-state index < -0.39 is 0 Å². The summed E-state index contributed by atoms with van der Waals surface area (Å²) < 4.78 is 19.7. The van der Waals surface area contributed by atoms with Crippen LogP contribution in [0.15, 0.2) is 67.1 Å². The number of halogens is 1. The highest BCUT2D eigenvalue weighted by Gasteiger charge is 2.16. The lowest BCUT2D eigenvalue weighted by atomic mass is 10.0. The van der Waals surface area contributed by atoms with Gasteiger partial charge in [0.25, 0.3) is 0 Å². The van der Waals surface area contributed by atoms with E-state index in [0.29, 0.717) is 6.61 Å². The Morgan fingerprint density at radius 1 is 0.974 bits per heavy atom. The number of hydrogen-bond acceptors (Lipinski definition) is 6. The van der Waals surface area contributed by atoms with Gasteiger partial charge in [-0.2, -0.15) is 9.49 Å². The topological polar surface area (TPSA) is 82.7 Å². The van der Waals surface area contributed by atoms with E-state index in [1.54, 1.807) is 18.5 Å². The number of rotatable bonds is 7. The summed E-state index contributed by atoms with van der Waals surface area (Å²) in [6, 6.07) is 15.5. The number of nitrogens with one attached hydrogen (secondary N) is 2. The highest BCUT2D eigenvalue weighted by atomic mass is 32.1. The van der Waals surface area contributed by atoms with Gasteiger partial charge in [-0.15, -0.1) is 11.3 Å². The van der Waals surface area contributed by atoms with E-state index in [1.807, 2.05) is 30.5 Å². The van der Waals surface area contributed by atoms with Gasteiger partial charge in [0.15, 0.2) is 5.13 Å². The average molecular weight is 525 g/mol. The third kappa shape index (κ3) is 4.33. The van der Waals surface area contributed by atoms with Gasteiger partial charge in [-0.05, 0) is 74.0 Å². The first kappa shape index (κ1) is 23.1. The zero-order valence-electron chi connectivity index (χ0n) is 20.6. The minimum absolute atomic E-state index is 0.206. The lowest BCUT2D eigenvalue weighted by Gasteiger charge is -2.15. The van der Waals surface area contributed by atoms with Gasteiger partial charge in [-0.3, -0.25) is 15.0 Å². The fourth-order valence-corrected chi connectivity index (χ4v) is 5.95. The molecule has 1 fully saturated rings. The maximum absolute atomic E-state index is 13.7. The van der Waals surface area contributed by atoms with Crippen LogP contribution >= 0.6 is 11.3 Å². The van der Waals surface area contributed by atoms with Crippen LogP contribution in [0.2, 0.25) is 0 Å². The zero-order chi connectivity index (χ0) is 25.5. The predicted octanol–water partition coefficient (Wildman–Crippen LogP) is 6.51. The van der Waals surface area contributed by atoms with Gasteiger partial charge in [0.1, 0.15) is 23.7 Å². The molecule has 1 saturated heterocycles. The van der Waals surface area contributed by atoms with Gasteiger partial charge in [-0.1, -0.05) is 6.07 Å². The summed E-state index contributed by atoms with van der Waals surface area (Å²) in [6.07, 6.45) is 7.92. The van der Waals surface area contributed by atoms with Gasteiger partial charge < -0.3 is 9.72 Å². The molecule has 38 heavy (non-hydrogen) atoms. The predicted molar refractivity (Wildman–Crippen MR) is 149 cm³/mol. The van der Waals surface area contributed by atoms with Crippen LogP contribution in [0, 0.1) is 5.13 Å². The molecule has 2 N–H and O–H groups in total. The molecule has 1 aliphatic heterocycles. The zero-order valence-corrected chi connectivity index (χ0v) is 21.4. The van der Waals surface area contributed by atoms with Crippen molar-refractivity contribution in [1.82, 2.24) is 30.0 Å². The smallest absolute Gasteiger partial charge is 0.176 e. The largest absolute Gasteiger partial charge is 0.491 e. The van der Waals surface area contributed by atoms with Crippen molar-refractivity contribution >= 4 is 33.3 Å². The third-order valence-corrected chi connectivity index (χ3v) is 8.02. The van der Waals surface area contributed by atoms with Gasteiger partial charge in [0.05, 0.1) is 17.4 Å². The number of aromatic amines is 2. The number of fused-ring (bicyclic) bond motifs is 2. The Morgan fingerprint density at radius 2 is 1.89 bits per heavy atom. The number of H-pyrrole nitrogens is 2. The molecule has 0 unspecified atom stereocenters. The van der Waals surface area contributed by atoms with Crippen LogP contribution in [-0.2, 0) is 0 Å². The van der Waals surface area contributed by atoms with Crippen molar-refractivity contribution in [3.05, 3.63) is 72.3 Å². The molecule has 6 heterocycles. The number of pyridine rings is 2. The van der Waals surface area contributed by atoms with Gasteiger partial charge in [0.2, 0.25) is 0 Å². The molecule has 7 nitrogen and oxygen atoms in total. The van der Waals surface area contributed by atoms with Crippen molar-refractivity contribution in [3.63, 3.8) is 0 Å². The number of hydrogen-bond donors (Lipinski definition) is 2. The molecule has 1 aliphatic rings. The van der Waals surface area contributed by atoms with Crippen LogP contribution in [0.3, 0.4) is 0 Å². The summed E-state index contributed by atoms with van der Waals surface area (Å²) in [5, 5.41) is 9.46. The molecule has 0 atom stereocenters. The summed E-state index contributed by atoms with van der Waals surface area (Å²) in [5.74, 6) is 0.772. The Labute approximate surface area is 222 Å². The van der Waals surface area contributed by atoms with E-state index >= 15 is 0 Å². The fraction of sp³-hybridized carbons (Fsp3) is 0.207. The first-order valence-electron chi connectivity index (χ1n) is 12.7. The summed E-state index contributed by atoms with van der Waals surface area (Å²) >= 11 is 1.13. The van der Waals surface area contributed by atoms with Crippen LogP contribution in [0.1, 0.15) is 12.8 Å². The molecule has 0 amide bonds. The second-order valence-corrected chi connectivity index (χ2v) is 10.6. The van der Waals surface area contributed by atoms with E-state index in [2.05, 4.69) is 42.2 Å². The van der Waals surface area contributed by atoms with Crippen LogP contribution in [0.4, 0.5) is 4.39 Å². The molecule has 0 aliphatic carbocycles. The second-order valence-electron chi connectivity index (χ2n) is 9.55. The molecule has 6 aromatic rings. The molecule has 0 saturated carbocycles. The minimum atomic E-state index is -0.206. The molecule has 0 bridgehead atoms. The fourth-order valence-electron chi connectivity index (χ4n) is 5.18. The SMILES string of the molecule is Fc1ccc(-c2ccnc3[nH]c(-c4n[nH]c5ccc(-c6cncc(OCCN7CCCC7)c6)cc45)cc23)s1. The molecule has 1 aromatic carbocycles. The minimum Gasteiger partial charge on any atom is -0.491 e. The molecule has 0 spiro atoms. The summed E-state index contributed by atoms with van der Waals surface area (Å²) in [7, 11) is 0. The molecule has 7 rings (SSSR count). The molecule has 0 radical (unpaired) electrons. The van der Waals surface area contributed by atoms with Gasteiger partial charge in [0, 0.05) is 45.7 Å². The molecule has 9 heteroatoms. The Kier molecular flexibility index (Phi) is 5.87. The van der Waals surface area contributed by atoms with Crippen LogP contribution in [-0.4, -0.2) is 56.3 Å². The number of aromatic nitrogens is 5. The van der Waals surface area contributed by atoms with Crippen molar-refractivity contribution in [1.29, 1.82) is 0 Å². The van der Waals surface area contributed by atoms with E-state index in [9.17, 15) is 4.39 Å². The lowest BCUT2D eigenvalue weighted by molar-refractivity contribution is 0.237. The Bertz CT molecular complexity index is 1750. The molecule has 190 valence electrons. The highest BCUT2D eigenvalue weighted by Crippen LogP contribution is 2.36. The van der Waals surface area contributed by atoms with E-state index in [4.69, 9.17) is 4.74 Å². The highest BCUT2D eigenvalue weighted by molar-refractivity contribution is 7.14. The standard InChI is InChI=1S/C29H25FN6OS/c30-27-6-5-26(38-27)21-7-8-32-29-22(21)15-25(33-29)28-23-14-18(3-4-24(23)34-35-28)19-13-20(17-31-16-19)37-12-11-36-9-1-2-10-36/h3-8,13-17H,1-2,9-12H2,(H,32,33)(H,34,35). The summed E-state index contributed by atoms with van der Waals surface area (Å²) in [4.78, 5) is 15.6. The van der Waals surface area contributed by atoms with Gasteiger partial charge >= 0.3 is 0 Å². The first-order chi connectivity index (χ1) is 18.7. The van der Waals surface area contributed by atoms with Crippen molar-refractivity contribution in [2.24, 2.45) is 0 Å². The normalized spacial score (nSPS) is 14.1. The van der Waals surface area contributed by atoms with Gasteiger partial charge in [-0.25, -0.2) is 4.98 Å². The summed E-state index contributed by atoms with van der Waals surface area (Å²) in [5.41, 5.74) is 6.27. The Morgan fingerprint density at radius 3 is 2.76 bits per heavy atom. The van der Waals surface area contributed by atoms with Crippen molar-refractivity contribution in [3.8, 4) is 38.7 Å². The number of ether oxygens (including phenoxy) is 1. The lowest BCUT2D eigenvalue weighted by Crippen LogP contribution is -2.25.